The topological polar surface area (TPSA) is 75.7 Å². The standard InChI is InChI=1S/C12H16N2O4S/c1-12(2)11(15)13-9-6-5-8(7-10(9)18-12)19(16,17)14(3)4/h5-7H,1-4H3,(H,13,15). The summed E-state index contributed by atoms with van der Waals surface area (Å²) in [7, 11) is -0.601. The van der Waals surface area contributed by atoms with E-state index in [9.17, 15) is 13.2 Å². The largest absolute Gasteiger partial charge is 0.476 e. The summed E-state index contributed by atoms with van der Waals surface area (Å²) < 4.78 is 30.7. The van der Waals surface area contributed by atoms with Gasteiger partial charge in [-0.2, -0.15) is 0 Å². The van der Waals surface area contributed by atoms with E-state index < -0.39 is 15.6 Å². The highest BCUT2D eigenvalue weighted by atomic mass is 32.2. The van der Waals surface area contributed by atoms with Crippen molar-refractivity contribution in [1.82, 2.24) is 4.31 Å². The number of fused-ring (bicyclic) bond motifs is 1. The van der Waals surface area contributed by atoms with Crippen LogP contribution in [0, 0.1) is 0 Å². The van der Waals surface area contributed by atoms with Gasteiger partial charge in [0.1, 0.15) is 5.75 Å². The second-order valence-electron chi connectivity index (χ2n) is 5.01. The zero-order valence-corrected chi connectivity index (χ0v) is 12.0. The molecule has 0 fully saturated rings. The summed E-state index contributed by atoms with van der Waals surface area (Å²) in [4.78, 5) is 11.8. The maximum Gasteiger partial charge on any atom is 0.268 e. The summed E-state index contributed by atoms with van der Waals surface area (Å²) in [6.07, 6.45) is 0. The van der Waals surface area contributed by atoms with E-state index >= 15 is 0 Å². The summed E-state index contributed by atoms with van der Waals surface area (Å²) in [6, 6.07) is 4.39. The van der Waals surface area contributed by atoms with Gasteiger partial charge in [0.25, 0.3) is 5.91 Å². The lowest BCUT2D eigenvalue weighted by Gasteiger charge is -2.31. The van der Waals surface area contributed by atoms with Crippen molar-refractivity contribution < 1.29 is 17.9 Å². The van der Waals surface area contributed by atoms with Crippen molar-refractivity contribution in [2.45, 2.75) is 24.3 Å². The third kappa shape index (κ3) is 2.31. The Labute approximate surface area is 112 Å². The van der Waals surface area contributed by atoms with E-state index in [2.05, 4.69) is 5.32 Å². The maximum absolute atomic E-state index is 12.0. The second kappa shape index (κ2) is 4.21. The van der Waals surface area contributed by atoms with Crippen LogP contribution in [0.15, 0.2) is 23.1 Å². The molecule has 0 unspecified atom stereocenters. The quantitative estimate of drug-likeness (QED) is 0.880. The molecule has 0 spiro atoms. The predicted molar refractivity (Wildman–Crippen MR) is 70.7 cm³/mol. The number of carbonyl (C=O) groups is 1. The van der Waals surface area contributed by atoms with Crippen LogP contribution in [0.1, 0.15) is 13.8 Å². The zero-order chi connectivity index (χ0) is 14.4. The van der Waals surface area contributed by atoms with Gasteiger partial charge in [-0.3, -0.25) is 4.79 Å². The summed E-state index contributed by atoms with van der Waals surface area (Å²) in [5.74, 6) is 0.0933. The molecule has 0 bridgehead atoms. The highest BCUT2D eigenvalue weighted by Gasteiger charge is 2.36. The number of rotatable bonds is 2. The average molecular weight is 284 g/mol. The van der Waals surface area contributed by atoms with E-state index in [-0.39, 0.29) is 10.8 Å². The normalized spacial score (nSPS) is 17.6. The monoisotopic (exact) mass is 284 g/mol. The minimum Gasteiger partial charge on any atom is -0.476 e. The molecule has 2 rings (SSSR count). The molecular formula is C12H16N2O4S. The number of amides is 1. The lowest BCUT2D eigenvalue weighted by Crippen LogP contribution is -2.45. The van der Waals surface area contributed by atoms with E-state index in [1.54, 1.807) is 13.8 Å². The lowest BCUT2D eigenvalue weighted by atomic mass is 10.1. The van der Waals surface area contributed by atoms with Crippen LogP contribution in [0.5, 0.6) is 5.75 Å². The number of ether oxygens (including phenoxy) is 1. The average Bonchev–Trinajstić information content (AvgIpc) is 2.29. The van der Waals surface area contributed by atoms with Gasteiger partial charge in [-0.15, -0.1) is 0 Å². The molecular weight excluding hydrogens is 268 g/mol. The predicted octanol–water partition coefficient (Wildman–Crippen LogP) is 1.05. The van der Waals surface area contributed by atoms with Gasteiger partial charge in [0, 0.05) is 20.2 Å². The SMILES string of the molecule is CN(C)S(=O)(=O)c1ccc2c(c1)OC(C)(C)C(=O)N2. The highest BCUT2D eigenvalue weighted by molar-refractivity contribution is 7.89. The number of hydrogen-bond donors (Lipinski definition) is 1. The first-order valence-electron chi connectivity index (χ1n) is 5.71. The van der Waals surface area contributed by atoms with Crippen molar-refractivity contribution in [2.75, 3.05) is 19.4 Å². The van der Waals surface area contributed by atoms with Gasteiger partial charge in [-0.25, -0.2) is 12.7 Å². The number of benzene rings is 1. The van der Waals surface area contributed by atoms with Gasteiger partial charge in [0.15, 0.2) is 5.60 Å². The van der Waals surface area contributed by atoms with Gasteiger partial charge in [-0.05, 0) is 26.0 Å². The van der Waals surface area contributed by atoms with E-state index in [0.29, 0.717) is 11.4 Å². The summed E-state index contributed by atoms with van der Waals surface area (Å²) >= 11 is 0. The third-order valence-corrected chi connectivity index (χ3v) is 4.70. The molecule has 0 saturated carbocycles. The molecule has 1 amide bonds. The Morgan fingerprint density at radius 3 is 2.47 bits per heavy atom. The minimum absolute atomic E-state index is 0.128. The molecule has 7 heteroatoms. The number of hydrogen-bond acceptors (Lipinski definition) is 4. The van der Waals surface area contributed by atoms with Crippen LogP contribution in [0.4, 0.5) is 5.69 Å². The fourth-order valence-electron chi connectivity index (χ4n) is 1.66. The summed E-state index contributed by atoms with van der Waals surface area (Å²) in [5, 5.41) is 2.69. The van der Waals surface area contributed by atoms with Crippen LogP contribution in [0.25, 0.3) is 0 Å². The number of nitrogens with one attached hydrogen (secondary N) is 1. The first kappa shape index (κ1) is 13.8. The van der Waals surface area contributed by atoms with Crippen molar-refractivity contribution in [3.05, 3.63) is 18.2 Å². The molecule has 19 heavy (non-hydrogen) atoms. The van der Waals surface area contributed by atoms with Gasteiger partial charge >= 0.3 is 0 Å². The molecule has 0 radical (unpaired) electrons. The summed E-state index contributed by atoms with van der Waals surface area (Å²) in [6.45, 7) is 3.25. The van der Waals surface area contributed by atoms with Crippen LogP contribution in [-0.4, -0.2) is 38.3 Å². The Morgan fingerprint density at radius 2 is 1.89 bits per heavy atom. The van der Waals surface area contributed by atoms with Crippen LogP contribution < -0.4 is 10.1 Å². The smallest absolute Gasteiger partial charge is 0.268 e. The van der Waals surface area contributed by atoms with Crippen molar-refractivity contribution in [2.24, 2.45) is 0 Å². The van der Waals surface area contributed by atoms with Crippen LogP contribution in [0.3, 0.4) is 0 Å². The van der Waals surface area contributed by atoms with Crippen molar-refractivity contribution in [3.63, 3.8) is 0 Å². The van der Waals surface area contributed by atoms with Gasteiger partial charge in [0.2, 0.25) is 10.0 Å². The molecule has 1 aliphatic heterocycles. The molecule has 0 aliphatic carbocycles. The highest BCUT2D eigenvalue weighted by Crippen LogP contribution is 2.35. The van der Waals surface area contributed by atoms with Crippen LogP contribution in [-0.2, 0) is 14.8 Å². The van der Waals surface area contributed by atoms with E-state index in [0.717, 1.165) is 4.31 Å². The van der Waals surface area contributed by atoms with E-state index in [1.165, 1.54) is 32.3 Å². The number of anilines is 1. The summed E-state index contributed by atoms with van der Waals surface area (Å²) in [5.41, 5.74) is -0.546. The Hall–Kier alpha value is -1.60. The van der Waals surface area contributed by atoms with Crippen molar-refractivity contribution in [1.29, 1.82) is 0 Å². The number of carbonyl (C=O) groups excluding carboxylic acids is 1. The van der Waals surface area contributed by atoms with Crippen molar-refractivity contribution >= 4 is 21.6 Å². The third-order valence-electron chi connectivity index (χ3n) is 2.89. The Bertz CT molecular complexity index is 635. The fourth-order valence-corrected chi connectivity index (χ4v) is 2.57. The molecule has 0 aromatic heterocycles. The molecule has 1 aliphatic rings. The minimum atomic E-state index is -3.52. The molecule has 1 N–H and O–H groups in total. The van der Waals surface area contributed by atoms with E-state index in [4.69, 9.17) is 4.74 Å². The van der Waals surface area contributed by atoms with Gasteiger partial charge < -0.3 is 10.1 Å². The molecule has 1 heterocycles. The molecule has 104 valence electrons. The molecule has 6 nitrogen and oxygen atoms in total. The Kier molecular flexibility index (Phi) is 3.06. The second-order valence-corrected chi connectivity index (χ2v) is 7.16. The molecule has 0 saturated heterocycles. The number of nitrogens with zero attached hydrogens (tertiary/aromatic N) is 1. The van der Waals surface area contributed by atoms with Crippen molar-refractivity contribution in [3.8, 4) is 5.75 Å². The Morgan fingerprint density at radius 1 is 1.26 bits per heavy atom. The molecule has 1 aromatic carbocycles. The zero-order valence-electron chi connectivity index (χ0n) is 11.2. The first-order chi connectivity index (χ1) is 8.64. The van der Waals surface area contributed by atoms with E-state index in [1.807, 2.05) is 0 Å². The van der Waals surface area contributed by atoms with Crippen LogP contribution in [0.2, 0.25) is 0 Å². The lowest BCUT2D eigenvalue weighted by molar-refractivity contribution is -0.129. The van der Waals surface area contributed by atoms with Crippen LogP contribution >= 0.6 is 0 Å². The van der Waals surface area contributed by atoms with Gasteiger partial charge in [0.05, 0.1) is 10.6 Å². The number of sulfonamides is 1. The fraction of sp³-hybridized carbons (Fsp3) is 0.417. The van der Waals surface area contributed by atoms with Gasteiger partial charge in [-0.1, -0.05) is 0 Å². The maximum atomic E-state index is 12.0. The molecule has 0 atom stereocenters. The molecule has 1 aromatic rings. The first-order valence-corrected chi connectivity index (χ1v) is 7.15. The Balaban J connectivity index is 2.50.